The fourth-order valence-corrected chi connectivity index (χ4v) is 4.14. The van der Waals surface area contributed by atoms with E-state index in [1.165, 1.54) is 5.69 Å². The molecule has 0 amide bonds. The summed E-state index contributed by atoms with van der Waals surface area (Å²) < 4.78 is 0. The van der Waals surface area contributed by atoms with Gasteiger partial charge < -0.3 is 24.9 Å². The summed E-state index contributed by atoms with van der Waals surface area (Å²) in [4.78, 5) is 19.2. The van der Waals surface area contributed by atoms with E-state index in [9.17, 15) is 0 Å². The average Bonchev–Trinajstić information content (AvgIpc) is 2.83. The van der Waals surface area contributed by atoms with Crippen molar-refractivity contribution in [2.45, 2.75) is 13.5 Å². The lowest BCUT2D eigenvalue weighted by atomic mass is 10.2. The summed E-state index contributed by atoms with van der Waals surface area (Å²) in [6.07, 6.45) is 1.98. The van der Waals surface area contributed by atoms with Crippen molar-refractivity contribution in [1.82, 2.24) is 20.1 Å². The van der Waals surface area contributed by atoms with Crippen molar-refractivity contribution in [3.8, 4) is 0 Å². The molecule has 0 radical (unpaired) electrons. The molecule has 4 rings (SSSR count). The van der Waals surface area contributed by atoms with Crippen LogP contribution in [0.5, 0.6) is 0 Å². The standard InChI is InChI=1S/C24H35N7.HI/c1-3-25-24(31-17-15-29(16-18-31)22-7-5-4-6-8-22)27-20-21-9-10-23(26-19-21)30-13-11-28(2)12-14-30;/h4-10,19H,3,11-18,20H2,1-2H3,(H,25,27);1H. The van der Waals surface area contributed by atoms with Crippen molar-refractivity contribution in [1.29, 1.82) is 0 Å². The van der Waals surface area contributed by atoms with E-state index in [1.807, 2.05) is 6.20 Å². The minimum absolute atomic E-state index is 0. The maximum Gasteiger partial charge on any atom is 0.194 e. The average molecular weight is 550 g/mol. The number of piperazine rings is 2. The highest BCUT2D eigenvalue weighted by Crippen LogP contribution is 2.16. The van der Waals surface area contributed by atoms with E-state index in [2.05, 4.69) is 81.4 Å². The number of anilines is 2. The van der Waals surface area contributed by atoms with Crippen LogP contribution in [0.25, 0.3) is 0 Å². The fourth-order valence-electron chi connectivity index (χ4n) is 4.14. The molecule has 8 heteroatoms. The number of nitrogens with one attached hydrogen (secondary N) is 1. The zero-order chi connectivity index (χ0) is 21.5. The number of aliphatic imine (C=N–C) groups is 1. The summed E-state index contributed by atoms with van der Waals surface area (Å²) in [6.45, 7) is 11.9. The number of nitrogens with zero attached hydrogens (tertiary/aromatic N) is 6. The normalized spacial score (nSPS) is 17.8. The summed E-state index contributed by atoms with van der Waals surface area (Å²) in [5.74, 6) is 2.07. The van der Waals surface area contributed by atoms with Crippen LogP contribution in [0.2, 0.25) is 0 Å². The van der Waals surface area contributed by atoms with E-state index in [-0.39, 0.29) is 24.0 Å². The van der Waals surface area contributed by atoms with E-state index in [0.717, 1.165) is 76.2 Å². The first-order chi connectivity index (χ1) is 15.2. The van der Waals surface area contributed by atoms with Gasteiger partial charge in [0.2, 0.25) is 0 Å². The van der Waals surface area contributed by atoms with E-state index in [1.54, 1.807) is 0 Å². The predicted molar refractivity (Wildman–Crippen MR) is 144 cm³/mol. The zero-order valence-corrected chi connectivity index (χ0v) is 21.6. The van der Waals surface area contributed by atoms with Crippen molar-refractivity contribution >= 4 is 41.4 Å². The third kappa shape index (κ3) is 6.48. The molecule has 2 saturated heterocycles. The van der Waals surface area contributed by atoms with Crippen LogP contribution < -0.4 is 15.1 Å². The molecule has 3 heterocycles. The van der Waals surface area contributed by atoms with E-state index in [0.29, 0.717) is 6.54 Å². The number of rotatable bonds is 5. The van der Waals surface area contributed by atoms with Gasteiger partial charge in [-0.15, -0.1) is 24.0 Å². The molecular formula is C24H36IN7. The molecule has 174 valence electrons. The second kappa shape index (κ2) is 12.2. The van der Waals surface area contributed by atoms with Gasteiger partial charge in [0.25, 0.3) is 0 Å². The van der Waals surface area contributed by atoms with Gasteiger partial charge in [-0.3, -0.25) is 0 Å². The van der Waals surface area contributed by atoms with Gasteiger partial charge in [-0.1, -0.05) is 24.3 Å². The first-order valence-corrected chi connectivity index (χ1v) is 11.4. The Morgan fingerprint density at radius 2 is 1.59 bits per heavy atom. The van der Waals surface area contributed by atoms with Gasteiger partial charge >= 0.3 is 0 Å². The van der Waals surface area contributed by atoms with Crippen molar-refractivity contribution in [3.63, 3.8) is 0 Å². The van der Waals surface area contributed by atoms with Gasteiger partial charge in [0.05, 0.1) is 6.54 Å². The van der Waals surface area contributed by atoms with E-state index >= 15 is 0 Å². The van der Waals surface area contributed by atoms with E-state index < -0.39 is 0 Å². The first-order valence-electron chi connectivity index (χ1n) is 11.4. The summed E-state index contributed by atoms with van der Waals surface area (Å²) in [5, 5.41) is 3.47. The number of guanidine groups is 1. The molecule has 0 saturated carbocycles. The molecule has 2 aliphatic rings. The molecule has 1 aromatic carbocycles. The van der Waals surface area contributed by atoms with Crippen LogP contribution in [0, 0.1) is 0 Å². The van der Waals surface area contributed by atoms with Gasteiger partial charge in [0.15, 0.2) is 5.96 Å². The van der Waals surface area contributed by atoms with Crippen LogP contribution in [-0.4, -0.2) is 86.7 Å². The number of benzene rings is 1. The molecule has 32 heavy (non-hydrogen) atoms. The van der Waals surface area contributed by atoms with Crippen LogP contribution in [0.3, 0.4) is 0 Å². The Labute approximate surface area is 209 Å². The number of aromatic nitrogens is 1. The summed E-state index contributed by atoms with van der Waals surface area (Å²) in [6, 6.07) is 15.0. The number of para-hydroxylation sites is 1. The molecule has 0 unspecified atom stereocenters. The van der Waals surface area contributed by atoms with Crippen molar-refractivity contribution in [3.05, 3.63) is 54.2 Å². The quantitative estimate of drug-likeness (QED) is 0.352. The summed E-state index contributed by atoms with van der Waals surface area (Å²) in [5.41, 5.74) is 2.45. The van der Waals surface area contributed by atoms with Gasteiger partial charge in [-0.25, -0.2) is 9.98 Å². The molecule has 7 nitrogen and oxygen atoms in total. The monoisotopic (exact) mass is 549 g/mol. The lowest BCUT2D eigenvalue weighted by molar-refractivity contribution is 0.312. The third-order valence-corrected chi connectivity index (χ3v) is 6.08. The number of likely N-dealkylation sites (N-methyl/N-ethyl adjacent to an activating group) is 1. The largest absolute Gasteiger partial charge is 0.368 e. The Kier molecular flexibility index (Phi) is 9.40. The SMILES string of the molecule is CCNC(=NCc1ccc(N2CCN(C)CC2)nc1)N1CCN(c2ccccc2)CC1.I. The van der Waals surface area contributed by atoms with E-state index in [4.69, 9.17) is 9.98 Å². The highest BCUT2D eigenvalue weighted by atomic mass is 127. The maximum atomic E-state index is 4.91. The molecule has 2 fully saturated rings. The Hall–Kier alpha value is -2.07. The number of halogens is 1. The minimum Gasteiger partial charge on any atom is -0.368 e. The van der Waals surface area contributed by atoms with Crippen molar-refractivity contribution in [2.24, 2.45) is 4.99 Å². The van der Waals surface area contributed by atoms with Crippen LogP contribution >= 0.6 is 24.0 Å². The highest BCUT2D eigenvalue weighted by Gasteiger charge is 2.20. The second-order valence-electron chi connectivity index (χ2n) is 8.29. The van der Waals surface area contributed by atoms with Crippen LogP contribution in [-0.2, 0) is 6.54 Å². The molecule has 1 aromatic heterocycles. The Bertz CT molecular complexity index is 827. The van der Waals surface area contributed by atoms with Gasteiger partial charge in [0, 0.05) is 70.8 Å². The molecule has 1 N–H and O–H groups in total. The summed E-state index contributed by atoms with van der Waals surface area (Å²) >= 11 is 0. The molecule has 0 spiro atoms. The van der Waals surface area contributed by atoms with Crippen molar-refractivity contribution in [2.75, 3.05) is 75.8 Å². The number of hydrogen-bond acceptors (Lipinski definition) is 5. The van der Waals surface area contributed by atoms with Gasteiger partial charge in [-0.2, -0.15) is 0 Å². The van der Waals surface area contributed by atoms with Crippen molar-refractivity contribution < 1.29 is 0 Å². The van der Waals surface area contributed by atoms with Gasteiger partial charge in [0.1, 0.15) is 5.82 Å². The smallest absolute Gasteiger partial charge is 0.194 e. The Morgan fingerprint density at radius 3 is 2.22 bits per heavy atom. The number of pyridine rings is 1. The zero-order valence-electron chi connectivity index (χ0n) is 19.3. The number of hydrogen-bond donors (Lipinski definition) is 1. The molecule has 2 aliphatic heterocycles. The molecular weight excluding hydrogens is 513 g/mol. The lowest BCUT2D eigenvalue weighted by Gasteiger charge is -2.37. The summed E-state index contributed by atoms with van der Waals surface area (Å²) in [7, 11) is 2.18. The van der Waals surface area contributed by atoms with Crippen LogP contribution in [0.15, 0.2) is 53.7 Å². The predicted octanol–water partition coefficient (Wildman–Crippen LogP) is 2.74. The molecule has 0 atom stereocenters. The highest BCUT2D eigenvalue weighted by molar-refractivity contribution is 14.0. The Balaban J connectivity index is 0.00000289. The topological polar surface area (TPSA) is 50.2 Å². The van der Waals surface area contributed by atoms with Gasteiger partial charge in [-0.05, 0) is 37.7 Å². The molecule has 0 bridgehead atoms. The fraction of sp³-hybridized carbons (Fsp3) is 0.500. The Morgan fingerprint density at radius 1 is 0.906 bits per heavy atom. The minimum atomic E-state index is 0. The molecule has 2 aromatic rings. The second-order valence-corrected chi connectivity index (χ2v) is 8.29. The molecule has 0 aliphatic carbocycles. The maximum absolute atomic E-state index is 4.91. The lowest BCUT2D eigenvalue weighted by Crippen LogP contribution is -2.52. The first kappa shape index (κ1) is 24.6. The third-order valence-electron chi connectivity index (χ3n) is 6.08. The van der Waals surface area contributed by atoms with Crippen LogP contribution in [0.1, 0.15) is 12.5 Å². The van der Waals surface area contributed by atoms with Crippen LogP contribution in [0.4, 0.5) is 11.5 Å².